The Labute approximate surface area is 159 Å². The lowest BCUT2D eigenvalue weighted by Crippen LogP contribution is -2.40. The van der Waals surface area contributed by atoms with Crippen LogP contribution in [0.25, 0.3) is 0 Å². The number of ether oxygens (including phenoxy) is 1. The molecule has 148 valence electrons. The van der Waals surface area contributed by atoms with Crippen LogP contribution in [0.5, 0.6) is 0 Å². The number of ketones is 1. The molecule has 0 aliphatic rings. The smallest absolute Gasteiger partial charge is 0.408 e. The fourth-order valence-electron chi connectivity index (χ4n) is 2.32. The van der Waals surface area contributed by atoms with Crippen LogP contribution in [0.15, 0.2) is 42.5 Å². The van der Waals surface area contributed by atoms with Gasteiger partial charge in [0, 0.05) is 16.9 Å². The van der Waals surface area contributed by atoms with E-state index >= 15 is 0 Å². The van der Waals surface area contributed by atoms with Crippen molar-refractivity contribution in [2.75, 3.05) is 0 Å². The van der Waals surface area contributed by atoms with E-state index in [1.54, 1.807) is 63.3 Å². The molecule has 27 heavy (non-hydrogen) atoms. The zero-order valence-corrected chi connectivity index (χ0v) is 16.5. The van der Waals surface area contributed by atoms with Crippen LogP contribution in [0.4, 0.5) is 4.79 Å². The van der Waals surface area contributed by atoms with Gasteiger partial charge in [-0.2, -0.15) is 0 Å². The van der Waals surface area contributed by atoms with Crippen molar-refractivity contribution in [3.63, 3.8) is 0 Å². The maximum absolute atomic E-state index is 12.4. The highest BCUT2D eigenvalue weighted by Crippen LogP contribution is 2.12. The van der Waals surface area contributed by atoms with E-state index < -0.39 is 28.4 Å². The second-order valence-electron chi connectivity index (χ2n) is 7.61. The molecule has 0 radical (unpaired) electrons. The van der Waals surface area contributed by atoms with Crippen molar-refractivity contribution in [1.29, 1.82) is 0 Å². The molecule has 1 rings (SSSR count). The van der Waals surface area contributed by atoms with Gasteiger partial charge in [-0.25, -0.2) is 4.79 Å². The van der Waals surface area contributed by atoms with Crippen LogP contribution < -0.4 is 5.32 Å². The second-order valence-corrected chi connectivity index (χ2v) is 7.61. The molecule has 0 spiro atoms. The lowest BCUT2D eigenvalue weighted by Gasteiger charge is -2.24. The number of benzene rings is 1. The van der Waals surface area contributed by atoms with Crippen molar-refractivity contribution in [3.05, 3.63) is 58.2 Å². The summed E-state index contributed by atoms with van der Waals surface area (Å²) in [6, 6.07) is 6.47. The Morgan fingerprint density at radius 3 is 2.30 bits per heavy atom. The van der Waals surface area contributed by atoms with E-state index in [-0.39, 0.29) is 18.4 Å². The standard InChI is InChI=1S/C20H28N2O5/c1-14(2)16(21-19(24)27-20(3,4)5)12-9-13-17(22(25)26)18(23)15-10-7-6-8-11-15/h6-12,14,16-17H,13H2,1-5H3,(H,21,24)/b12-9+. The number of nitrogens with zero attached hydrogens (tertiary/aromatic N) is 1. The van der Waals surface area contributed by atoms with Crippen LogP contribution in [0.3, 0.4) is 0 Å². The fraction of sp³-hybridized carbons (Fsp3) is 0.500. The van der Waals surface area contributed by atoms with Crippen molar-refractivity contribution in [2.24, 2.45) is 5.92 Å². The van der Waals surface area contributed by atoms with E-state index in [0.29, 0.717) is 5.56 Å². The summed E-state index contributed by atoms with van der Waals surface area (Å²) in [6.45, 7) is 9.12. The number of carbonyl (C=O) groups is 2. The summed E-state index contributed by atoms with van der Waals surface area (Å²) in [4.78, 5) is 35.0. The molecule has 0 saturated carbocycles. The Balaban J connectivity index is 2.79. The molecule has 0 fully saturated rings. The normalized spacial score (nSPS) is 14.0. The maximum atomic E-state index is 12.4. The molecule has 7 heteroatoms. The number of carbonyl (C=O) groups excluding carboxylic acids is 2. The van der Waals surface area contributed by atoms with Gasteiger partial charge in [0.2, 0.25) is 5.78 Å². The molecule has 0 aromatic heterocycles. The summed E-state index contributed by atoms with van der Waals surface area (Å²) in [5.41, 5.74) is -0.311. The molecule has 1 aromatic carbocycles. The molecule has 1 N–H and O–H groups in total. The van der Waals surface area contributed by atoms with Gasteiger partial charge in [-0.05, 0) is 26.7 Å². The average Bonchev–Trinajstić information content (AvgIpc) is 2.55. The van der Waals surface area contributed by atoms with Gasteiger partial charge in [-0.1, -0.05) is 56.3 Å². The van der Waals surface area contributed by atoms with E-state index in [9.17, 15) is 19.7 Å². The van der Waals surface area contributed by atoms with Crippen LogP contribution >= 0.6 is 0 Å². The fourth-order valence-corrected chi connectivity index (χ4v) is 2.32. The SMILES string of the molecule is CC(C)C(/C=C/CC(C(=O)c1ccccc1)[N+](=O)[O-])NC(=O)OC(C)(C)C. The van der Waals surface area contributed by atoms with Crippen molar-refractivity contribution >= 4 is 11.9 Å². The number of hydrogen-bond acceptors (Lipinski definition) is 5. The molecular weight excluding hydrogens is 348 g/mol. The highest BCUT2D eigenvalue weighted by Gasteiger charge is 2.29. The molecule has 2 atom stereocenters. The predicted molar refractivity (Wildman–Crippen MR) is 103 cm³/mol. The van der Waals surface area contributed by atoms with Crippen molar-refractivity contribution < 1.29 is 19.2 Å². The molecule has 0 aliphatic carbocycles. The van der Waals surface area contributed by atoms with Crippen LogP contribution in [0, 0.1) is 16.0 Å². The topological polar surface area (TPSA) is 98.5 Å². The summed E-state index contributed by atoms with van der Waals surface area (Å²) in [6.07, 6.45) is 2.62. The summed E-state index contributed by atoms with van der Waals surface area (Å²) < 4.78 is 5.23. The average molecular weight is 376 g/mol. The summed E-state index contributed by atoms with van der Waals surface area (Å²) in [7, 11) is 0. The molecular formula is C20H28N2O5. The lowest BCUT2D eigenvalue weighted by atomic mass is 10.00. The molecule has 1 amide bonds. The van der Waals surface area contributed by atoms with Gasteiger partial charge in [-0.15, -0.1) is 0 Å². The number of Topliss-reactive ketones (excluding diaryl/α,β-unsaturated/α-hetero) is 1. The lowest BCUT2D eigenvalue weighted by molar-refractivity contribution is -0.504. The van der Waals surface area contributed by atoms with Crippen LogP contribution in [0.1, 0.15) is 51.4 Å². The number of nitrogens with one attached hydrogen (secondary N) is 1. The number of alkyl carbamates (subject to hydrolysis) is 1. The third-order valence-electron chi connectivity index (χ3n) is 3.72. The number of nitro groups is 1. The van der Waals surface area contributed by atoms with E-state index in [4.69, 9.17) is 4.74 Å². The van der Waals surface area contributed by atoms with Crippen LogP contribution in [-0.2, 0) is 4.74 Å². The van der Waals surface area contributed by atoms with Gasteiger partial charge in [0.15, 0.2) is 0 Å². The quantitative estimate of drug-likeness (QED) is 0.320. The van der Waals surface area contributed by atoms with Gasteiger partial charge >= 0.3 is 6.09 Å². The second kappa shape index (κ2) is 9.85. The Bertz CT molecular complexity index is 677. The van der Waals surface area contributed by atoms with Gasteiger partial charge < -0.3 is 10.1 Å². The molecule has 2 unspecified atom stereocenters. The molecule has 0 heterocycles. The summed E-state index contributed by atoms with van der Waals surface area (Å²) >= 11 is 0. The minimum absolute atomic E-state index is 0.0487. The minimum atomic E-state index is -1.36. The molecule has 0 bridgehead atoms. The number of hydrogen-bond donors (Lipinski definition) is 1. The first-order valence-corrected chi connectivity index (χ1v) is 8.90. The van der Waals surface area contributed by atoms with Gasteiger partial charge in [0.25, 0.3) is 6.04 Å². The molecule has 0 aliphatic heterocycles. The van der Waals surface area contributed by atoms with Crippen LogP contribution in [-0.4, -0.2) is 34.5 Å². The van der Waals surface area contributed by atoms with E-state index in [0.717, 1.165) is 0 Å². The summed E-state index contributed by atoms with van der Waals surface area (Å²) in [5, 5.41) is 14.1. The monoisotopic (exact) mass is 376 g/mol. The third kappa shape index (κ3) is 8.02. The van der Waals surface area contributed by atoms with Crippen molar-refractivity contribution in [1.82, 2.24) is 5.32 Å². The highest BCUT2D eigenvalue weighted by atomic mass is 16.6. The zero-order valence-electron chi connectivity index (χ0n) is 16.5. The van der Waals surface area contributed by atoms with E-state index in [2.05, 4.69) is 5.32 Å². The first-order valence-electron chi connectivity index (χ1n) is 8.90. The first kappa shape index (κ1) is 22.3. The van der Waals surface area contributed by atoms with Gasteiger partial charge in [0.1, 0.15) is 5.60 Å². The molecule has 7 nitrogen and oxygen atoms in total. The minimum Gasteiger partial charge on any atom is -0.444 e. The Morgan fingerprint density at radius 1 is 1.22 bits per heavy atom. The highest BCUT2D eigenvalue weighted by molar-refractivity contribution is 5.99. The molecule has 0 saturated heterocycles. The zero-order chi connectivity index (χ0) is 20.6. The van der Waals surface area contributed by atoms with Crippen LogP contribution in [0.2, 0.25) is 0 Å². The van der Waals surface area contributed by atoms with Gasteiger partial charge in [-0.3, -0.25) is 14.9 Å². The predicted octanol–water partition coefficient (Wildman–Crippen LogP) is 4.01. The Morgan fingerprint density at radius 2 is 1.81 bits per heavy atom. The van der Waals surface area contributed by atoms with Crippen molar-refractivity contribution in [2.45, 2.75) is 58.7 Å². The summed E-state index contributed by atoms with van der Waals surface area (Å²) in [5.74, 6) is -0.487. The largest absolute Gasteiger partial charge is 0.444 e. The molecule has 1 aromatic rings. The number of rotatable bonds is 8. The van der Waals surface area contributed by atoms with E-state index in [1.165, 1.54) is 0 Å². The number of amides is 1. The Kier molecular flexibility index (Phi) is 8.15. The first-order chi connectivity index (χ1) is 12.5. The van der Waals surface area contributed by atoms with Crippen molar-refractivity contribution in [3.8, 4) is 0 Å². The third-order valence-corrected chi connectivity index (χ3v) is 3.72. The Hall–Kier alpha value is -2.70. The maximum Gasteiger partial charge on any atom is 0.408 e. The van der Waals surface area contributed by atoms with Gasteiger partial charge in [0.05, 0.1) is 6.04 Å². The van der Waals surface area contributed by atoms with E-state index in [1.807, 2.05) is 13.8 Å².